The predicted octanol–water partition coefficient (Wildman–Crippen LogP) is 4.56. The van der Waals surface area contributed by atoms with Crippen molar-refractivity contribution in [3.05, 3.63) is 53.3 Å². The van der Waals surface area contributed by atoms with Crippen LogP contribution in [0.5, 0.6) is 5.75 Å². The number of ether oxygens (including phenoxy) is 1. The highest BCUT2D eigenvalue weighted by atomic mass is 35.5. The smallest absolute Gasteiger partial charge is 0.261 e. The zero-order chi connectivity index (χ0) is 29.8. The zero-order valence-corrected chi connectivity index (χ0v) is 24.7. The maximum atomic E-state index is 15.1. The normalized spacial score (nSPS) is 24.6. The van der Waals surface area contributed by atoms with Crippen LogP contribution in [0.15, 0.2) is 36.9 Å². The molecule has 0 saturated carbocycles. The molecule has 6 rings (SSSR count). The molecule has 11 heteroatoms. The molecule has 0 bridgehead atoms. The van der Waals surface area contributed by atoms with E-state index in [1.54, 1.807) is 28.0 Å². The summed E-state index contributed by atoms with van der Waals surface area (Å²) in [6.07, 6.45) is 2.31. The van der Waals surface area contributed by atoms with E-state index in [1.807, 2.05) is 0 Å². The number of alkyl halides is 1. The average Bonchev–Trinajstić information content (AvgIpc) is 3.22. The largest absolute Gasteiger partial charge is 0.489 e. The molecule has 3 fully saturated rings. The number of piperidine rings is 1. The van der Waals surface area contributed by atoms with Crippen molar-refractivity contribution in [2.75, 3.05) is 50.8 Å². The molecule has 3 saturated heterocycles. The molecule has 1 unspecified atom stereocenters. The van der Waals surface area contributed by atoms with E-state index in [4.69, 9.17) is 21.3 Å². The first-order chi connectivity index (χ1) is 20.1. The Balaban J connectivity index is 1.45. The molecule has 0 radical (unpaired) electrons. The molecular weight excluding hydrogens is 564 g/mol. The average molecular weight is 600 g/mol. The number of piperazine rings is 1. The van der Waals surface area contributed by atoms with Crippen molar-refractivity contribution in [3.63, 3.8) is 0 Å². The number of aromatic nitrogens is 1. The number of carbonyl (C=O) groups excluding carboxylic acids is 2. The van der Waals surface area contributed by atoms with Gasteiger partial charge in [0.1, 0.15) is 35.0 Å². The summed E-state index contributed by atoms with van der Waals surface area (Å²) < 4.78 is 35.4. The van der Waals surface area contributed by atoms with Crippen molar-refractivity contribution in [2.24, 2.45) is 0 Å². The fraction of sp³-hybridized carbons (Fsp3) is 0.516. The Bertz CT molecular complexity index is 1410. The van der Waals surface area contributed by atoms with E-state index in [0.717, 1.165) is 6.42 Å². The van der Waals surface area contributed by atoms with Crippen LogP contribution in [0.4, 0.5) is 14.6 Å². The summed E-state index contributed by atoms with van der Waals surface area (Å²) in [5.74, 6) is -0.386. The maximum Gasteiger partial charge on any atom is 0.261 e. The molecule has 2 atom stereocenters. The van der Waals surface area contributed by atoms with Gasteiger partial charge in [0.2, 0.25) is 5.91 Å². The van der Waals surface area contributed by atoms with E-state index in [-0.39, 0.29) is 52.1 Å². The molecule has 42 heavy (non-hydrogen) atoms. The lowest BCUT2D eigenvalue weighted by Gasteiger charge is -2.40. The van der Waals surface area contributed by atoms with Crippen LogP contribution in [0.3, 0.4) is 0 Å². The highest BCUT2D eigenvalue weighted by molar-refractivity contribution is 6.35. The van der Waals surface area contributed by atoms with E-state index in [9.17, 15) is 14.0 Å². The molecule has 0 N–H and O–H groups in total. The first-order valence-corrected chi connectivity index (χ1v) is 15.0. The van der Waals surface area contributed by atoms with Gasteiger partial charge in [0.25, 0.3) is 5.91 Å². The van der Waals surface area contributed by atoms with Crippen molar-refractivity contribution >= 4 is 29.2 Å². The van der Waals surface area contributed by atoms with Gasteiger partial charge in [-0.15, -0.1) is 0 Å². The third-order valence-corrected chi connectivity index (χ3v) is 9.51. The minimum Gasteiger partial charge on any atom is -0.489 e. The monoisotopic (exact) mass is 599 g/mol. The minimum atomic E-state index is -0.770. The number of anilines is 1. The predicted molar refractivity (Wildman–Crippen MR) is 157 cm³/mol. The number of hydrogen-bond donors (Lipinski definition) is 0. The Morgan fingerprint density at radius 1 is 1.14 bits per heavy atom. The summed E-state index contributed by atoms with van der Waals surface area (Å²) >= 11 is 6.92. The van der Waals surface area contributed by atoms with E-state index < -0.39 is 23.6 Å². The number of fused-ring (bicyclic) bond motifs is 2. The molecule has 4 aliphatic rings. The standard InChI is InChI=1S/C31H36ClF2N5O3/c1-4-24(40)37-13-14-38-21(16-37)18-42-28-25(30(38)41)29(35-27(26(28)32)22-7-5-6-8-23(22)34)39-17-20(15-31(39,2)3)36-11-9-19(33)10-12-36/h4-8,19-21H,1,9-18H2,2-3H3/t20?,21-/m1/s1. The van der Waals surface area contributed by atoms with Gasteiger partial charge in [-0.1, -0.05) is 30.3 Å². The van der Waals surface area contributed by atoms with Crippen LogP contribution >= 0.6 is 11.6 Å². The molecule has 4 aliphatic heterocycles. The van der Waals surface area contributed by atoms with Crippen LogP contribution in [0, 0.1) is 5.82 Å². The number of rotatable bonds is 4. The van der Waals surface area contributed by atoms with Gasteiger partial charge in [-0.3, -0.25) is 14.5 Å². The lowest BCUT2D eigenvalue weighted by molar-refractivity contribution is -0.128. The Labute approximate surface area is 249 Å². The van der Waals surface area contributed by atoms with Crippen molar-refractivity contribution in [2.45, 2.75) is 56.9 Å². The fourth-order valence-corrected chi connectivity index (χ4v) is 7.16. The van der Waals surface area contributed by atoms with Crippen molar-refractivity contribution < 1.29 is 23.1 Å². The van der Waals surface area contributed by atoms with Gasteiger partial charge >= 0.3 is 0 Å². The quantitative estimate of drug-likeness (QED) is 0.480. The second-order valence-corrected chi connectivity index (χ2v) is 12.6. The molecule has 0 aliphatic carbocycles. The van der Waals surface area contributed by atoms with Crippen LogP contribution in [-0.4, -0.2) is 101 Å². The third kappa shape index (κ3) is 5.02. The zero-order valence-electron chi connectivity index (χ0n) is 24.0. The number of nitrogens with zero attached hydrogens (tertiary/aromatic N) is 5. The van der Waals surface area contributed by atoms with Crippen LogP contribution in [0.25, 0.3) is 11.3 Å². The highest BCUT2D eigenvalue weighted by Crippen LogP contribution is 2.47. The van der Waals surface area contributed by atoms with Crippen molar-refractivity contribution in [1.82, 2.24) is 19.7 Å². The minimum absolute atomic E-state index is 0.0737. The second kappa shape index (κ2) is 11.1. The van der Waals surface area contributed by atoms with Crippen LogP contribution in [-0.2, 0) is 4.79 Å². The van der Waals surface area contributed by atoms with Crippen molar-refractivity contribution in [1.29, 1.82) is 0 Å². The number of halogens is 3. The number of pyridine rings is 1. The van der Waals surface area contributed by atoms with Crippen LogP contribution in [0.2, 0.25) is 5.02 Å². The third-order valence-electron chi connectivity index (χ3n) is 9.16. The highest BCUT2D eigenvalue weighted by Gasteiger charge is 2.47. The summed E-state index contributed by atoms with van der Waals surface area (Å²) in [6, 6.07) is 6.01. The van der Waals surface area contributed by atoms with Gasteiger partial charge < -0.3 is 19.4 Å². The fourth-order valence-electron chi connectivity index (χ4n) is 6.86. The molecule has 1 aromatic carbocycles. The second-order valence-electron chi connectivity index (χ2n) is 12.2. The first-order valence-electron chi connectivity index (χ1n) is 14.6. The van der Waals surface area contributed by atoms with Gasteiger partial charge in [0.05, 0.1) is 11.7 Å². The summed E-state index contributed by atoms with van der Waals surface area (Å²) in [4.78, 5) is 39.5. The molecule has 8 nitrogen and oxygen atoms in total. The van der Waals surface area contributed by atoms with Gasteiger partial charge in [-0.2, -0.15) is 0 Å². The molecule has 2 amide bonds. The number of likely N-dealkylation sites (tertiary alicyclic amines) is 1. The first kappa shape index (κ1) is 28.9. The van der Waals surface area contributed by atoms with Gasteiger partial charge in [0, 0.05) is 56.4 Å². The molecule has 1 aromatic heterocycles. The topological polar surface area (TPSA) is 69.2 Å². The Morgan fingerprint density at radius 2 is 1.88 bits per heavy atom. The molecule has 224 valence electrons. The molecular formula is C31H36ClF2N5O3. The van der Waals surface area contributed by atoms with Gasteiger partial charge in [-0.05, 0) is 51.3 Å². The van der Waals surface area contributed by atoms with E-state index in [1.165, 1.54) is 12.1 Å². The Kier molecular flexibility index (Phi) is 7.64. The van der Waals surface area contributed by atoms with Crippen molar-refractivity contribution in [3.8, 4) is 17.0 Å². The summed E-state index contributed by atoms with van der Waals surface area (Å²) in [5.41, 5.74) is 0.254. The van der Waals surface area contributed by atoms with E-state index in [2.05, 4.69) is 30.2 Å². The molecule has 0 spiro atoms. The SMILES string of the molecule is C=CC(=O)N1CCN2C(=O)c3c(N4CC(N5CCC(F)CC5)CC4(C)C)nc(-c4ccccc4F)c(Cl)c3OC[C@H]2C1. The van der Waals surface area contributed by atoms with Gasteiger partial charge in [-0.25, -0.2) is 13.8 Å². The van der Waals surface area contributed by atoms with E-state index >= 15 is 4.39 Å². The van der Waals surface area contributed by atoms with Crippen LogP contribution < -0.4 is 9.64 Å². The number of carbonyl (C=O) groups is 2. The van der Waals surface area contributed by atoms with Gasteiger partial charge in [0.15, 0.2) is 5.75 Å². The molecule has 2 aromatic rings. The lowest BCUT2D eigenvalue weighted by Crippen LogP contribution is -2.57. The van der Waals surface area contributed by atoms with E-state index in [0.29, 0.717) is 57.9 Å². The lowest BCUT2D eigenvalue weighted by atomic mass is 9.97. The summed E-state index contributed by atoms with van der Waals surface area (Å²) in [5, 5.41) is 0.0737. The number of hydrogen-bond acceptors (Lipinski definition) is 6. The Morgan fingerprint density at radius 3 is 2.60 bits per heavy atom. The van der Waals surface area contributed by atoms with Crippen LogP contribution in [0.1, 0.15) is 43.5 Å². The summed E-state index contributed by atoms with van der Waals surface area (Å²) in [6.45, 7) is 10.8. The number of amides is 2. The Hall–Kier alpha value is -3.24. The molecule has 5 heterocycles. The summed E-state index contributed by atoms with van der Waals surface area (Å²) in [7, 11) is 0. The number of benzene rings is 1. The maximum absolute atomic E-state index is 15.1.